The van der Waals surface area contributed by atoms with E-state index in [-0.39, 0.29) is 17.7 Å². The lowest BCUT2D eigenvalue weighted by Gasteiger charge is -2.36. The van der Waals surface area contributed by atoms with E-state index in [1.165, 1.54) is 10.6 Å². The van der Waals surface area contributed by atoms with Crippen molar-refractivity contribution in [1.29, 1.82) is 0 Å². The quantitative estimate of drug-likeness (QED) is 0.500. The highest BCUT2D eigenvalue weighted by Crippen LogP contribution is 2.24. The second-order valence-corrected chi connectivity index (χ2v) is 9.18. The van der Waals surface area contributed by atoms with Crippen molar-refractivity contribution < 1.29 is 14.4 Å². The third-order valence-corrected chi connectivity index (χ3v) is 6.91. The number of rotatable bonds is 8. The molecule has 2 heterocycles. The number of para-hydroxylation sites is 1. The Morgan fingerprint density at radius 3 is 2.14 bits per heavy atom. The number of anilines is 1. The van der Waals surface area contributed by atoms with Crippen LogP contribution in [0.15, 0.2) is 78.9 Å². The minimum Gasteiger partial charge on any atom is -0.369 e. The molecule has 3 aromatic rings. The minimum absolute atomic E-state index is 0.233. The van der Waals surface area contributed by atoms with Gasteiger partial charge in [-0.2, -0.15) is 0 Å². The van der Waals surface area contributed by atoms with Crippen molar-refractivity contribution in [3.8, 4) is 0 Å². The molecule has 3 aromatic carbocycles. The molecule has 7 nitrogen and oxygen atoms in total. The van der Waals surface area contributed by atoms with Crippen LogP contribution in [0.25, 0.3) is 0 Å². The van der Waals surface area contributed by atoms with Crippen molar-refractivity contribution in [3.63, 3.8) is 0 Å². The van der Waals surface area contributed by atoms with E-state index in [9.17, 15) is 14.4 Å². The van der Waals surface area contributed by atoms with Crippen LogP contribution in [0, 0.1) is 0 Å². The number of amides is 3. The molecule has 0 aromatic heterocycles. The number of carbonyl (C=O) groups excluding carboxylic acids is 3. The fourth-order valence-electron chi connectivity index (χ4n) is 4.82. The fraction of sp³-hybridized carbons (Fsp3) is 0.276. The van der Waals surface area contributed by atoms with E-state index in [2.05, 4.69) is 39.4 Å². The lowest BCUT2D eigenvalue weighted by atomic mass is 10.1. The molecule has 0 atom stereocenters. The standard InChI is InChI=1S/C29H30N4O3/c34-27(30-14-16-31-17-19-32(20-18-31)24-9-5-2-6-10-24)23-11-12-25-26(21-23)29(36)33(28(25)35)15-13-22-7-3-1-4-8-22/h1-12,21H,13-20H2,(H,30,34). The summed E-state index contributed by atoms with van der Waals surface area (Å²) < 4.78 is 0. The van der Waals surface area contributed by atoms with E-state index >= 15 is 0 Å². The van der Waals surface area contributed by atoms with Gasteiger partial charge in [0, 0.05) is 57.1 Å². The molecule has 2 aliphatic heterocycles. The highest BCUT2D eigenvalue weighted by molar-refractivity contribution is 6.22. The van der Waals surface area contributed by atoms with E-state index in [0.717, 1.165) is 38.3 Å². The summed E-state index contributed by atoms with van der Waals surface area (Å²) in [5.74, 6) is -0.867. The number of piperazine rings is 1. The van der Waals surface area contributed by atoms with E-state index in [1.807, 2.05) is 36.4 Å². The first kappa shape index (κ1) is 23.8. The summed E-state index contributed by atoms with van der Waals surface area (Å²) in [5.41, 5.74) is 3.37. The van der Waals surface area contributed by atoms with Gasteiger partial charge < -0.3 is 10.2 Å². The molecule has 0 bridgehead atoms. The summed E-state index contributed by atoms with van der Waals surface area (Å²) in [6, 6.07) is 24.9. The highest BCUT2D eigenvalue weighted by atomic mass is 16.2. The van der Waals surface area contributed by atoms with Crippen LogP contribution in [0.4, 0.5) is 5.69 Å². The maximum atomic E-state index is 12.9. The maximum Gasteiger partial charge on any atom is 0.261 e. The number of fused-ring (bicyclic) bond motifs is 1. The van der Waals surface area contributed by atoms with Gasteiger partial charge in [0.15, 0.2) is 0 Å². The summed E-state index contributed by atoms with van der Waals surface area (Å²) in [6.45, 7) is 5.41. The Labute approximate surface area is 211 Å². The number of imide groups is 1. The monoisotopic (exact) mass is 482 g/mol. The van der Waals surface area contributed by atoms with Crippen molar-refractivity contribution >= 4 is 23.4 Å². The van der Waals surface area contributed by atoms with Crippen LogP contribution >= 0.6 is 0 Å². The topological polar surface area (TPSA) is 73.0 Å². The third-order valence-electron chi connectivity index (χ3n) is 6.91. The Kier molecular flexibility index (Phi) is 7.09. The zero-order valence-electron chi connectivity index (χ0n) is 20.2. The zero-order valence-corrected chi connectivity index (χ0v) is 20.2. The molecule has 7 heteroatoms. The van der Waals surface area contributed by atoms with Crippen LogP contribution in [-0.2, 0) is 6.42 Å². The molecule has 36 heavy (non-hydrogen) atoms. The first-order valence-electron chi connectivity index (χ1n) is 12.4. The lowest BCUT2D eigenvalue weighted by Crippen LogP contribution is -2.48. The van der Waals surface area contributed by atoms with E-state index in [4.69, 9.17) is 0 Å². The molecule has 0 spiro atoms. The van der Waals surface area contributed by atoms with E-state index in [0.29, 0.717) is 36.2 Å². The third kappa shape index (κ3) is 5.16. The molecule has 0 aliphatic carbocycles. The average Bonchev–Trinajstić information content (AvgIpc) is 3.17. The van der Waals surface area contributed by atoms with Crippen molar-refractivity contribution in [3.05, 3.63) is 101 Å². The molecular formula is C29H30N4O3. The van der Waals surface area contributed by atoms with Crippen molar-refractivity contribution in [2.75, 3.05) is 50.7 Å². The smallest absolute Gasteiger partial charge is 0.261 e. The van der Waals surface area contributed by atoms with Gasteiger partial charge in [-0.3, -0.25) is 24.2 Å². The maximum absolute atomic E-state index is 12.9. The van der Waals surface area contributed by atoms with Gasteiger partial charge >= 0.3 is 0 Å². The molecule has 184 valence electrons. The van der Waals surface area contributed by atoms with Crippen LogP contribution < -0.4 is 10.2 Å². The number of carbonyl (C=O) groups is 3. The molecule has 5 rings (SSSR count). The highest BCUT2D eigenvalue weighted by Gasteiger charge is 2.35. The predicted molar refractivity (Wildman–Crippen MR) is 139 cm³/mol. The summed E-state index contributed by atoms with van der Waals surface area (Å²) in [5, 5.41) is 2.96. The second-order valence-electron chi connectivity index (χ2n) is 9.18. The second kappa shape index (κ2) is 10.7. The number of hydrogen-bond donors (Lipinski definition) is 1. The van der Waals surface area contributed by atoms with Gasteiger partial charge in [-0.25, -0.2) is 0 Å². The molecular weight excluding hydrogens is 452 g/mol. The van der Waals surface area contributed by atoms with Crippen molar-refractivity contribution in [2.24, 2.45) is 0 Å². The Morgan fingerprint density at radius 1 is 0.750 bits per heavy atom. The Hall–Kier alpha value is -3.97. The molecule has 1 fully saturated rings. The normalized spacial score (nSPS) is 15.8. The molecule has 1 saturated heterocycles. The summed E-state index contributed by atoms with van der Waals surface area (Å²) in [6.07, 6.45) is 0.596. The lowest BCUT2D eigenvalue weighted by molar-refractivity contribution is 0.0656. The number of nitrogens with one attached hydrogen (secondary N) is 1. The Balaban J connectivity index is 1.11. The Bertz CT molecular complexity index is 1240. The number of nitrogens with zero attached hydrogens (tertiary/aromatic N) is 3. The molecule has 0 radical (unpaired) electrons. The first-order valence-corrected chi connectivity index (χ1v) is 12.4. The van der Waals surface area contributed by atoms with Crippen LogP contribution in [0.2, 0.25) is 0 Å². The molecule has 1 N–H and O–H groups in total. The van der Waals surface area contributed by atoms with Crippen molar-refractivity contribution in [2.45, 2.75) is 6.42 Å². The van der Waals surface area contributed by atoms with Crippen LogP contribution in [0.3, 0.4) is 0 Å². The van der Waals surface area contributed by atoms with Crippen LogP contribution in [-0.4, -0.2) is 73.3 Å². The predicted octanol–water partition coefficient (Wildman–Crippen LogP) is 3.08. The zero-order chi connectivity index (χ0) is 24.9. The molecule has 3 amide bonds. The van der Waals surface area contributed by atoms with Gasteiger partial charge in [-0.15, -0.1) is 0 Å². The van der Waals surface area contributed by atoms with E-state index in [1.54, 1.807) is 18.2 Å². The van der Waals surface area contributed by atoms with E-state index < -0.39 is 0 Å². The van der Waals surface area contributed by atoms with Crippen LogP contribution in [0.5, 0.6) is 0 Å². The van der Waals surface area contributed by atoms with Crippen LogP contribution in [0.1, 0.15) is 36.6 Å². The number of hydrogen-bond acceptors (Lipinski definition) is 5. The van der Waals surface area contributed by atoms with Crippen molar-refractivity contribution in [1.82, 2.24) is 15.1 Å². The van der Waals surface area contributed by atoms with Gasteiger partial charge in [0.25, 0.3) is 17.7 Å². The van der Waals surface area contributed by atoms with Gasteiger partial charge in [-0.05, 0) is 42.3 Å². The van der Waals surface area contributed by atoms with Gasteiger partial charge in [0.2, 0.25) is 0 Å². The summed E-state index contributed by atoms with van der Waals surface area (Å²) in [7, 11) is 0. The summed E-state index contributed by atoms with van der Waals surface area (Å²) >= 11 is 0. The largest absolute Gasteiger partial charge is 0.369 e. The SMILES string of the molecule is O=C(NCCN1CCN(c2ccccc2)CC1)c1ccc2c(c1)C(=O)N(CCc1ccccc1)C2=O. The number of benzene rings is 3. The fourth-order valence-corrected chi connectivity index (χ4v) is 4.82. The van der Waals surface area contributed by atoms with Gasteiger partial charge in [-0.1, -0.05) is 48.5 Å². The molecule has 2 aliphatic rings. The van der Waals surface area contributed by atoms with Gasteiger partial charge in [0.05, 0.1) is 11.1 Å². The first-order chi connectivity index (χ1) is 17.6. The Morgan fingerprint density at radius 2 is 1.42 bits per heavy atom. The molecule has 0 saturated carbocycles. The molecule has 0 unspecified atom stereocenters. The minimum atomic E-state index is -0.336. The van der Waals surface area contributed by atoms with Gasteiger partial charge in [0.1, 0.15) is 0 Å². The average molecular weight is 483 g/mol. The summed E-state index contributed by atoms with van der Waals surface area (Å²) in [4.78, 5) is 44.4.